The minimum absolute atomic E-state index is 0.271. The molecule has 146 valence electrons. The lowest BCUT2D eigenvalue weighted by Crippen LogP contribution is -2.46. The summed E-state index contributed by atoms with van der Waals surface area (Å²) >= 11 is 0. The number of hydrogen-bond acceptors (Lipinski definition) is 3. The largest absolute Gasteiger partial charge is 0.356 e. The van der Waals surface area contributed by atoms with Gasteiger partial charge in [-0.15, -0.1) is 0 Å². The Morgan fingerprint density at radius 2 is 2.00 bits per heavy atom. The number of guanidine groups is 1. The average molecular weight is 381 g/mol. The molecule has 0 spiro atoms. The van der Waals surface area contributed by atoms with E-state index in [1.165, 1.54) is 32.7 Å². The van der Waals surface area contributed by atoms with Crippen LogP contribution < -0.4 is 15.4 Å². The Hall–Kier alpha value is -1.60. The lowest BCUT2D eigenvalue weighted by molar-refractivity contribution is 0.104. The van der Waals surface area contributed by atoms with Gasteiger partial charge in [0.25, 0.3) is 0 Å². The molecule has 1 aromatic rings. The molecule has 0 saturated heterocycles. The van der Waals surface area contributed by atoms with Crippen molar-refractivity contribution in [1.82, 2.24) is 15.4 Å². The molecule has 0 heterocycles. The molecule has 0 atom stereocenters. The standard InChI is InChI=1S/C19H32N4O2S/c1-15(2)12-19(9-6-10-19)14-23-18(20-3)22-13-16-7-5-8-17(11-16)26(24,25)21-4/h5,7-8,11,15,21H,6,9-10,12-14H2,1-4H3,(H2,20,22,23). The van der Waals surface area contributed by atoms with Crippen LogP contribution in [0.1, 0.15) is 45.1 Å². The summed E-state index contributed by atoms with van der Waals surface area (Å²) in [5, 5.41) is 6.73. The quantitative estimate of drug-likeness (QED) is 0.478. The van der Waals surface area contributed by atoms with E-state index in [9.17, 15) is 8.42 Å². The summed E-state index contributed by atoms with van der Waals surface area (Å²) in [6.45, 7) is 6.00. The van der Waals surface area contributed by atoms with Crippen LogP contribution in [-0.4, -0.2) is 35.0 Å². The highest BCUT2D eigenvalue weighted by Crippen LogP contribution is 2.45. The van der Waals surface area contributed by atoms with E-state index < -0.39 is 10.0 Å². The molecule has 1 fully saturated rings. The Morgan fingerprint density at radius 1 is 1.27 bits per heavy atom. The summed E-state index contributed by atoms with van der Waals surface area (Å²) in [4.78, 5) is 4.57. The van der Waals surface area contributed by atoms with Gasteiger partial charge < -0.3 is 10.6 Å². The van der Waals surface area contributed by atoms with Crippen molar-refractivity contribution in [3.63, 3.8) is 0 Å². The zero-order valence-electron chi connectivity index (χ0n) is 16.3. The van der Waals surface area contributed by atoms with Crippen molar-refractivity contribution in [2.45, 2.75) is 51.0 Å². The second-order valence-electron chi connectivity index (χ2n) is 7.59. The molecule has 0 amide bonds. The average Bonchev–Trinajstić information content (AvgIpc) is 2.59. The lowest BCUT2D eigenvalue weighted by atomic mass is 9.64. The molecule has 1 aliphatic rings. The smallest absolute Gasteiger partial charge is 0.240 e. The fourth-order valence-corrected chi connectivity index (χ4v) is 4.41. The van der Waals surface area contributed by atoms with Crippen LogP contribution in [0.3, 0.4) is 0 Å². The van der Waals surface area contributed by atoms with Crippen LogP contribution in [0, 0.1) is 11.3 Å². The van der Waals surface area contributed by atoms with Gasteiger partial charge in [0.2, 0.25) is 10.0 Å². The van der Waals surface area contributed by atoms with Gasteiger partial charge in [-0.2, -0.15) is 0 Å². The van der Waals surface area contributed by atoms with E-state index in [0.29, 0.717) is 17.9 Å². The maximum absolute atomic E-state index is 11.9. The third-order valence-electron chi connectivity index (χ3n) is 5.05. The maximum atomic E-state index is 11.9. The van der Waals surface area contributed by atoms with E-state index in [1.54, 1.807) is 25.2 Å². The van der Waals surface area contributed by atoms with Gasteiger partial charge >= 0.3 is 0 Å². The first kappa shape index (κ1) is 20.7. The molecule has 3 N–H and O–H groups in total. The van der Waals surface area contributed by atoms with Gasteiger partial charge in [-0.1, -0.05) is 32.4 Å². The number of nitrogens with zero attached hydrogens (tertiary/aromatic N) is 1. The van der Waals surface area contributed by atoms with Gasteiger partial charge in [-0.25, -0.2) is 13.1 Å². The van der Waals surface area contributed by atoms with E-state index >= 15 is 0 Å². The summed E-state index contributed by atoms with van der Waals surface area (Å²) in [7, 11) is -0.252. The van der Waals surface area contributed by atoms with E-state index in [-0.39, 0.29) is 4.90 Å². The van der Waals surface area contributed by atoms with E-state index in [2.05, 4.69) is 34.2 Å². The zero-order valence-corrected chi connectivity index (χ0v) is 17.1. The second-order valence-corrected chi connectivity index (χ2v) is 9.47. The normalized spacial score (nSPS) is 17.0. The van der Waals surface area contributed by atoms with Crippen molar-refractivity contribution in [1.29, 1.82) is 0 Å². The molecule has 1 aliphatic carbocycles. The Kier molecular flexibility index (Phi) is 7.06. The summed E-state index contributed by atoms with van der Waals surface area (Å²) < 4.78 is 26.2. The zero-order chi connectivity index (χ0) is 19.2. The Bertz CT molecular complexity index is 725. The van der Waals surface area contributed by atoms with Crippen molar-refractivity contribution < 1.29 is 8.42 Å². The number of sulfonamides is 1. The van der Waals surface area contributed by atoms with Crippen LogP contribution in [0.4, 0.5) is 0 Å². The second kappa shape index (κ2) is 8.86. The van der Waals surface area contributed by atoms with Gasteiger partial charge in [-0.3, -0.25) is 4.99 Å². The fraction of sp³-hybridized carbons (Fsp3) is 0.632. The lowest BCUT2D eigenvalue weighted by Gasteiger charge is -2.43. The Labute approximate surface area is 157 Å². The van der Waals surface area contributed by atoms with Crippen molar-refractivity contribution in [2.24, 2.45) is 16.3 Å². The number of rotatable bonds is 8. The third-order valence-corrected chi connectivity index (χ3v) is 6.46. The highest BCUT2D eigenvalue weighted by molar-refractivity contribution is 7.89. The Morgan fingerprint density at radius 3 is 2.54 bits per heavy atom. The molecule has 2 rings (SSSR count). The van der Waals surface area contributed by atoms with Crippen LogP contribution in [0.2, 0.25) is 0 Å². The predicted octanol–water partition coefficient (Wildman–Crippen LogP) is 2.48. The highest BCUT2D eigenvalue weighted by Gasteiger charge is 2.37. The van der Waals surface area contributed by atoms with Gasteiger partial charge in [0, 0.05) is 20.1 Å². The summed E-state index contributed by atoms with van der Waals surface area (Å²) in [5.41, 5.74) is 1.29. The van der Waals surface area contributed by atoms with E-state index in [1.807, 2.05) is 6.07 Å². The van der Waals surface area contributed by atoms with Crippen LogP contribution >= 0.6 is 0 Å². The summed E-state index contributed by atoms with van der Waals surface area (Å²) in [6.07, 6.45) is 5.10. The molecule has 26 heavy (non-hydrogen) atoms. The minimum atomic E-state index is -3.43. The fourth-order valence-electron chi connectivity index (χ4n) is 3.61. The highest BCUT2D eigenvalue weighted by atomic mass is 32.2. The van der Waals surface area contributed by atoms with E-state index in [4.69, 9.17) is 0 Å². The topological polar surface area (TPSA) is 82.6 Å². The SMILES string of the molecule is CN=C(NCc1cccc(S(=O)(=O)NC)c1)NCC1(CC(C)C)CCC1. The number of hydrogen-bond donors (Lipinski definition) is 3. The molecule has 0 bridgehead atoms. The minimum Gasteiger partial charge on any atom is -0.356 e. The van der Waals surface area contributed by atoms with Crippen LogP contribution in [0.25, 0.3) is 0 Å². The molecule has 6 nitrogen and oxygen atoms in total. The van der Waals surface area contributed by atoms with E-state index in [0.717, 1.165) is 18.1 Å². The molecule has 0 aromatic heterocycles. The first-order valence-electron chi connectivity index (χ1n) is 9.27. The van der Waals surface area contributed by atoms with Crippen molar-refractivity contribution in [2.75, 3.05) is 20.6 Å². The van der Waals surface area contributed by atoms with Gasteiger partial charge in [-0.05, 0) is 55.3 Å². The van der Waals surface area contributed by atoms with Gasteiger partial charge in [0.05, 0.1) is 4.90 Å². The molecule has 0 aliphatic heterocycles. The van der Waals surface area contributed by atoms with Crippen molar-refractivity contribution in [3.8, 4) is 0 Å². The van der Waals surface area contributed by atoms with Crippen LogP contribution in [0.5, 0.6) is 0 Å². The summed E-state index contributed by atoms with van der Waals surface area (Å²) in [5.74, 6) is 1.45. The molecule has 7 heteroatoms. The maximum Gasteiger partial charge on any atom is 0.240 e. The van der Waals surface area contributed by atoms with Crippen molar-refractivity contribution >= 4 is 16.0 Å². The van der Waals surface area contributed by atoms with Crippen LogP contribution in [0.15, 0.2) is 34.2 Å². The molecule has 0 unspecified atom stereocenters. The number of benzene rings is 1. The predicted molar refractivity (Wildman–Crippen MR) is 107 cm³/mol. The molecule has 0 radical (unpaired) electrons. The number of aliphatic imine (C=N–C) groups is 1. The van der Waals surface area contributed by atoms with Gasteiger partial charge in [0.15, 0.2) is 5.96 Å². The molecular formula is C19H32N4O2S. The molecule has 1 aromatic carbocycles. The molecular weight excluding hydrogens is 348 g/mol. The first-order valence-corrected chi connectivity index (χ1v) is 10.8. The third kappa shape index (κ3) is 5.45. The first-order chi connectivity index (χ1) is 12.3. The van der Waals surface area contributed by atoms with Crippen LogP contribution in [-0.2, 0) is 16.6 Å². The molecule has 1 saturated carbocycles. The Balaban J connectivity index is 1.92. The van der Waals surface area contributed by atoms with Crippen molar-refractivity contribution in [3.05, 3.63) is 29.8 Å². The summed E-state index contributed by atoms with van der Waals surface area (Å²) in [6, 6.07) is 6.93. The van der Waals surface area contributed by atoms with Gasteiger partial charge in [0.1, 0.15) is 0 Å². The monoisotopic (exact) mass is 380 g/mol. The number of nitrogens with one attached hydrogen (secondary N) is 3.